The van der Waals surface area contributed by atoms with Crippen molar-refractivity contribution in [2.75, 3.05) is 0 Å². The van der Waals surface area contributed by atoms with Gasteiger partial charge in [0.25, 0.3) is 0 Å². The van der Waals surface area contributed by atoms with Crippen LogP contribution in [0.15, 0.2) is 16.6 Å². The Morgan fingerprint density at radius 3 is 2.71 bits per heavy atom. The number of aliphatic hydroxyl groups is 1. The normalized spacial score (nSPS) is 51.6. The Balaban J connectivity index is 1.38. The van der Waals surface area contributed by atoms with E-state index in [1.165, 1.54) is 57.1 Å². The van der Waals surface area contributed by atoms with Gasteiger partial charge in [0.15, 0.2) is 0 Å². The molecule has 0 aromatic heterocycles. The second kappa shape index (κ2) is 6.69. The third kappa shape index (κ3) is 2.88. The smallest absolute Gasteiger partial charge is 0.0577 e. The van der Waals surface area contributed by atoms with E-state index in [1.807, 2.05) is 0 Å². The van der Waals surface area contributed by atoms with Crippen LogP contribution in [0.5, 0.6) is 0 Å². The van der Waals surface area contributed by atoms with E-state index >= 15 is 0 Å². The number of rotatable bonds is 2. The summed E-state index contributed by atoms with van der Waals surface area (Å²) >= 11 is 0. The maximum Gasteiger partial charge on any atom is 0.0577 e. The Kier molecular flexibility index (Phi) is 4.62. The molecule has 3 fully saturated rings. The summed E-state index contributed by atoms with van der Waals surface area (Å²) in [7, 11) is 0. The molecule has 0 radical (unpaired) electrons. The molecule has 5 aliphatic rings. The SMILES string of the molecule is CC1=N[C@@H]([C@H](C)[C@@H]2C[C@@H]3[C@@H]4CC=C5C[C@H](O)CC[C@]5(C)[C@@H]4CC[C@]3(C)C2)CC1. The van der Waals surface area contributed by atoms with Gasteiger partial charge in [0.1, 0.15) is 0 Å². The second-order valence-electron chi connectivity index (χ2n) is 11.9. The Morgan fingerprint density at radius 2 is 1.96 bits per heavy atom. The standard InChI is InChI=1S/C26H41NO/c1-16-5-8-24(27-16)17(2)18-13-23-21-7-6-19-14-20(28)9-12-26(19,4)22(21)10-11-25(23,3)15-18/h6,17-18,20-24,28H,5,7-15H2,1-4H3/t17-,18-,20-,21-,22-,23-,24-,25-,26+/m1/s1. The lowest BCUT2D eigenvalue weighted by atomic mass is 9.48. The van der Waals surface area contributed by atoms with Gasteiger partial charge in [-0.15, -0.1) is 0 Å². The third-order valence-corrected chi connectivity index (χ3v) is 10.4. The van der Waals surface area contributed by atoms with Crippen LogP contribution in [0.1, 0.15) is 91.9 Å². The minimum Gasteiger partial charge on any atom is -0.393 e. The molecule has 0 unspecified atom stereocenters. The van der Waals surface area contributed by atoms with Gasteiger partial charge in [0.2, 0.25) is 0 Å². The first kappa shape index (κ1) is 19.3. The molecule has 0 amide bonds. The van der Waals surface area contributed by atoms with Gasteiger partial charge in [-0.3, -0.25) is 4.99 Å². The monoisotopic (exact) mass is 383 g/mol. The molecule has 4 aliphatic carbocycles. The van der Waals surface area contributed by atoms with Gasteiger partial charge >= 0.3 is 0 Å². The van der Waals surface area contributed by atoms with Crippen LogP contribution in [0.3, 0.4) is 0 Å². The van der Waals surface area contributed by atoms with E-state index in [4.69, 9.17) is 4.99 Å². The maximum absolute atomic E-state index is 10.2. The Labute approximate surface area is 172 Å². The van der Waals surface area contributed by atoms with Crippen molar-refractivity contribution in [3.05, 3.63) is 11.6 Å². The van der Waals surface area contributed by atoms with Crippen molar-refractivity contribution < 1.29 is 5.11 Å². The first-order valence-corrected chi connectivity index (χ1v) is 12.2. The molecule has 156 valence electrons. The average Bonchev–Trinajstić information content (AvgIpc) is 3.24. The summed E-state index contributed by atoms with van der Waals surface area (Å²) in [6, 6.07) is 0.597. The molecular weight excluding hydrogens is 342 g/mol. The number of hydrogen-bond donors (Lipinski definition) is 1. The third-order valence-electron chi connectivity index (χ3n) is 10.4. The van der Waals surface area contributed by atoms with Gasteiger partial charge < -0.3 is 5.11 Å². The van der Waals surface area contributed by atoms with Crippen LogP contribution < -0.4 is 0 Å². The number of fused-ring (bicyclic) bond motifs is 5. The molecule has 0 aromatic carbocycles. The van der Waals surface area contributed by atoms with Crippen molar-refractivity contribution in [3.8, 4) is 0 Å². The molecule has 0 bridgehead atoms. The first-order chi connectivity index (χ1) is 13.3. The van der Waals surface area contributed by atoms with Crippen LogP contribution in [0.25, 0.3) is 0 Å². The lowest BCUT2D eigenvalue weighted by molar-refractivity contribution is -0.0360. The van der Waals surface area contributed by atoms with Gasteiger partial charge in [-0.2, -0.15) is 0 Å². The molecule has 28 heavy (non-hydrogen) atoms. The number of nitrogens with zero attached hydrogens (tertiary/aromatic N) is 1. The second-order valence-corrected chi connectivity index (χ2v) is 11.9. The van der Waals surface area contributed by atoms with Crippen molar-refractivity contribution in [3.63, 3.8) is 0 Å². The Bertz CT molecular complexity index is 695. The van der Waals surface area contributed by atoms with Crippen molar-refractivity contribution in [2.45, 2.75) is 104 Å². The van der Waals surface area contributed by atoms with Gasteiger partial charge in [-0.05, 0) is 112 Å². The molecule has 9 atom stereocenters. The summed E-state index contributed by atoms with van der Waals surface area (Å²) in [4.78, 5) is 5.01. The van der Waals surface area contributed by atoms with Crippen molar-refractivity contribution in [1.29, 1.82) is 0 Å². The van der Waals surface area contributed by atoms with Crippen LogP contribution in [0.4, 0.5) is 0 Å². The number of hydrogen-bond acceptors (Lipinski definition) is 2. The van der Waals surface area contributed by atoms with Gasteiger partial charge in [-0.25, -0.2) is 0 Å². The Morgan fingerprint density at radius 1 is 1.14 bits per heavy atom. The highest BCUT2D eigenvalue weighted by Crippen LogP contribution is 2.66. The summed E-state index contributed by atoms with van der Waals surface area (Å²) in [5.41, 5.74) is 3.93. The molecule has 0 spiro atoms. The van der Waals surface area contributed by atoms with Crippen molar-refractivity contribution in [1.82, 2.24) is 0 Å². The molecule has 2 heteroatoms. The molecule has 2 nitrogen and oxygen atoms in total. The fraction of sp³-hybridized carbons (Fsp3) is 0.885. The molecule has 0 saturated heterocycles. The highest BCUT2D eigenvalue weighted by Gasteiger charge is 2.58. The lowest BCUT2D eigenvalue weighted by Gasteiger charge is -2.57. The maximum atomic E-state index is 10.2. The fourth-order valence-corrected chi connectivity index (χ4v) is 8.62. The molecule has 1 N–H and O–H groups in total. The first-order valence-electron chi connectivity index (χ1n) is 12.2. The van der Waals surface area contributed by atoms with E-state index in [-0.39, 0.29) is 6.10 Å². The van der Waals surface area contributed by atoms with Crippen molar-refractivity contribution >= 4 is 5.71 Å². The van der Waals surface area contributed by atoms with Crippen molar-refractivity contribution in [2.24, 2.45) is 45.4 Å². The fourth-order valence-electron chi connectivity index (χ4n) is 8.62. The van der Waals surface area contributed by atoms with E-state index < -0.39 is 0 Å². The van der Waals surface area contributed by atoms with Gasteiger partial charge in [-0.1, -0.05) is 32.4 Å². The number of allylic oxidation sites excluding steroid dienone is 1. The minimum absolute atomic E-state index is 0.0862. The minimum atomic E-state index is -0.0862. The predicted octanol–water partition coefficient (Wildman–Crippen LogP) is 6.19. The zero-order valence-corrected chi connectivity index (χ0v) is 18.6. The van der Waals surface area contributed by atoms with E-state index in [1.54, 1.807) is 5.57 Å². The predicted molar refractivity (Wildman–Crippen MR) is 116 cm³/mol. The topological polar surface area (TPSA) is 32.6 Å². The Hall–Kier alpha value is -0.630. The largest absolute Gasteiger partial charge is 0.393 e. The molecule has 1 aliphatic heterocycles. The van der Waals surface area contributed by atoms with Gasteiger partial charge in [0, 0.05) is 5.71 Å². The molecule has 5 rings (SSSR count). The summed E-state index contributed by atoms with van der Waals surface area (Å²) in [6.07, 6.45) is 15.2. The average molecular weight is 384 g/mol. The van der Waals surface area contributed by atoms with Crippen LogP contribution in [-0.4, -0.2) is 23.0 Å². The number of aliphatic imine (C=N–C) groups is 1. The quantitative estimate of drug-likeness (QED) is 0.567. The summed E-state index contributed by atoms with van der Waals surface area (Å²) in [6.45, 7) is 9.92. The van der Waals surface area contributed by atoms with E-state index in [2.05, 4.69) is 33.8 Å². The highest BCUT2D eigenvalue weighted by molar-refractivity contribution is 5.83. The lowest BCUT2D eigenvalue weighted by Crippen LogP contribution is -2.49. The van der Waals surface area contributed by atoms with E-state index in [0.29, 0.717) is 16.9 Å². The van der Waals surface area contributed by atoms with Crippen LogP contribution in [0.2, 0.25) is 0 Å². The summed E-state index contributed by atoms with van der Waals surface area (Å²) in [5, 5.41) is 10.2. The van der Waals surface area contributed by atoms with Crippen LogP contribution in [0, 0.1) is 40.4 Å². The summed E-state index contributed by atoms with van der Waals surface area (Å²) in [5.74, 6) is 4.28. The zero-order chi connectivity index (χ0) is 19.7. The highest BCUT2D eigenvalue weighted by atomic mass is 16.3. The molecule has 3 saturated carbocycles. The van der Waals surface area contributed by atoms with Gasteiger partial charge in [0.05, 0.1) is 12.1 Å². The summed E-state index contributed by atoms with van der Waals surface area (Å²) < 4.78 is 0. The molecule has 1 heterocycles. The van der Waals surface area contributed by atoms with Crippen LogP contribution in [-0.2, 0) is 0 Å². The number of aliphatic hydroxyl groups excluding tert-OH is 1. The van der Waals surface area contributed by atoms with E-state index in [9.17, 15) is 5.11 Å². The van der Waals surface area contributed by atoms with E-state index in [0.717, 1.165) is 42.4 Å². The molecular formula is C26H41NO. The molecule has 0 aromatic rings. The zero-order valence-electron chi connectivity index (χ0n) is 18.6. The van der Waals surface area contributed by atoms with Crippen LogP contribution >= 0.6 is 0 Å².